The molecule has 0 spiro atoms. The molecular formula is C28H28O5. The van der Waals surface area contributed by atoms with Gasteiger partial charge in [-0.2, -0.15) is 0 Å². The molecule has 0 fully saturated rings. The fourth-order valence-electron chi connectivity index (χ4n) is 3.45. The number of esters is 1. The molecule has 5 nitrogen and oxygen atoms in total. The van der Waals surface area contributed by atoms with E-state index in [4.69, 9.17) is 13.9 Å². The summed E-state index contributed by atoms with van der Waals surface area (Å²) in [6.07, 6.45) is -0.911. The molecule has 0 radical (unpaired) electrons. The number of carbonyl (C=O) groups excluding carboxylic acids is 1. The van der Waals surface area contributed by atoms with Crippen molar-refractivity contribution >= 4 is 16.9 Å². The van der Waals surface area contributed by atoms with Crippen LogP contribution in [0.15, 0.2) is 83.3 Å². The third kappa shape index (κ3) is 5.62. The van der Waals surface area contributed by atoms with Gasteiger partial charge in [0.1, 0.15) is 36.4 Å². The normalized spacial score (nSPS) is 12.5. The number of aliphatic hydroxyl groups excluding tert-OH is 1. The van der Waals surface area contributed by atoms with E-state index in [0.717, 1.165) is 16.5 Å². The topological polar surface area (TPSA) is 68.9 Å². The summed E-state index contributed by atoms with van der Waals surface area (Å²) >= 11 is 0. The lowest BCUT2D eigenvalue weighted by atomic mass is 9.86. The average molecular weight is 445 g/mol. The Balaban J connectivity index is 1.33. The monoisotopic (exact) mass is 444 g/mol. The summed E-state index contributed by atoms with van der Waals surface area (Å²) in [6, 6.07) is 24.1. The molecule has 4 aromatic rings. The lowest BCUT2D eigenvalue weighted by Gasteiger charge is -2.18. The Kier molecular flexibility index (Phi) is 6.52. The van der Waals surface area contributed by atoms with Crippen molar-refractivity contribution < 1.29 is 23.8 Å². The van der Waals surface area contributed by atoms with Crippen LogP contribution in [-0.4, -0.2) is 17.7 Å². The standard InChI is InChI=1S/C28H28O5/c1-28(2,3)22-11-14-25-21(15-22)16-26(33-25)24(29)18-31-23-12-9-20(10-13-23)27(30)32-17-19-7-5-4-6-8-19/h4-16,24,29H,17-18H2,1-3H3. The van der Waals surface area contributed by atoms with Crippen LogP contribution < -0.4 is 4.74 Å². The van der Waals surface area contributed by atoms with Gasteiger partial charge in [0.25, 0.3) is 0 Å². The van der Waals surface area contributed by atoms with Crippen LogP contribution in [0, 0.1) is 0 Å². The fraction of sp³-hybridized carbons (Fsp3) is 0.250. The minimum atomic E-state index is -0.911. The highest BCUT2D eigenvalue weighted by Gasteiger charge is 2.18. The van der Waals surface area contributed by atoms with E-state index in [1.54, 1.807) is 24.3 Å². The van der Waals surface area contributed by atoms with Crippen molar-refractivity contribution in [1.29, 1.82) is 0 Å². The van der Waals surface area contributed by atoms with Crippen molar-refractivity contribution in [3.63, 3.8) is 0 Å². The molecule has 1 atom stereocenters. The van der Waals surface area contributed by atoms with E-state index in [1.165, 1.54) is 5.56 Å². The number of carbonyl (C=O) groups is 1. The maximum atomic E-state index is 12.2. The van der Waals surface area contributed by atoms with Gasteiger partial charge in [0.05, 0.1) is 5.56 Å². The van der Waals surface area contributed by atoms with Gasteiger partial charge in [-0.25, -0.2) is 4.79 Å². The molecule has 0 saturated heterocycles. The summed E-state index contributed by atoms with van der Waals surface area (Å²) in [7, 11) is 0. The van der Waals surface area contributed by atoms with E-state index < -0.39 is 12.1 Å². The second kappa shape index (κ2) is 9.51. The molecule has 1 N–H and O–H groups in total. The smallest absolute Gasteiger partial charge is 0.338 e. The molecule has 33 heavy (non-hydrogen) atoms. The molecule has 0 aliphatic carbocycles. The number of rotatable bonds is 7. The predicted molar refractivity (Wildman–Crippen MR) is 127 cm³/mol. The molecular weight excluding hydrogens is 416 g/mol. The zero-order valence-electron chi connectivity index (χ0n) is 19.1. The van der Waals surface area contributed by atoms with Crippen LogP contribution in [0.3, 0.4) is 0 Å². The Bertz CT molecular complexity index is 1220. The van der Waals surface area contributed by atoms with Gasteiger partial charge in [0.2, 0.25) is 0 Å². The zero-order valence-corrected chi connectivity index (χ0v) is 19.1. The summed E-state index contributed by atoms with van der Waals surface area (Å²) in [6.45, 7) is 6.73. The summed E-state index contributed by atoms with van der Waals surface area (Å²) in [5, 5.41) is 11.5. The Morgan fingerprint density at radius 2 is 1.70 bits per heavy atom. The SMILES string of the molecule is CC(C)(C)c1ccc2oc(C(O)COc3ccc(C(=O)OCc4ccccc4)cc3)cc2c1. The molecule has 0 bridgehead atoms. The molecule has 0 aliphatic rings. The Morgan fingerprint density at radius 3 is 2.39 bits per heavy atom. The first-order valence-corrected chi connectivity index (χ1v) is 11.0. The zero-order chi connectivity index (χ0) is 23.4. The van der Waals surface area contributed by atoms with Crippen molar-refractivity contribution in [2.24, 2.45) is 0 Å². The Labute approximate surface area is 193 Å². The predicted octanol–water partition coefficient (Wildman–Crippen LogP) is 6.20. The molecule has 170 valence electrons. The first-order valence-electron chi connectivity index (χ1n) is 11.0. The van der Waals surface area contributed by atoms with E-state index in [-0.39, 0.29) is 18.6 Å². The third-order valence-electron chi connectivity index (χ3n) is 5.44. The van der Waals surface area contributed by atoms with E-state index in [0.29, 0.717) is 17.1 Å². The lowest BCUT2D eigenvalue weighted by Crippen LogP contribution is -2.10. The minimum Gasteiger partial charge on any atom is -0.490 e. The first kappa shape index (κ1) is 22.6. The van der Waals surface area contributed by atoms with Gasteiger partial charge in [-0.05, 0) is 59.0 Å². The van der Waals surface area contributed by atoms with Gasteiger partial charge >= 0.3 is 5.97 Å². The number of fused-ring (bicyclic) bond motifs is 1. The number of benzene rings is 3. The van der Waals surface area contributed by atoms with Gasteiger partial charge in [0, 0.05) is 5.39 Å². The summed E-state index contributed by atoms with van der Waals surface area (Å²) in [5.41, 5.74) is 3.34. The van der Waals surface area contributed by atoms with Crippen LogP contribution in [0.1, 0.15) is 54.1 Å². The second-order valence-corrected chi connectivity index (χ2v) is 9.06. The van der Waals surface area contributed by atoms with Crippen LogP contribution in [0.2, 0.25) is 0 Å². The minimum absolute atomic E-state index is 0.0315. The molecule has 0 aliphatic heterocycles. The first-order chi connectivity index (χ1) is 15.8. The maximum Gasteiger partial charge on any atom is 0.338 e. The number of hydrogen-bond donors (Lipinski definition) is 1. The highest BCUT2D eigenvalue weighted by Crippen LogP contribution is 2.30. The van der Waals surface area contributed by atoms with Crippen LogP contribution in [0.25, 0.3) is 11.0 Å². The van der Waals surface area contributed by atoms with E-state index in [9.17, 15) is 9.90 Å². The molecule has 5 heteroatoms. The van der Waals surface area contributed by atoms with Gasteiger partial charge in [-0.1, -0.05) is 57.2 Å². The number of ether oxygens (including phenoxy) is 2. The fourth-order valence-corrected chi connectivity index (χ4v) is 3.45. The number of aliphatic hydroxyl groups is 1. The number of hydrogen-bond acceptors (Lipinski definition) is 5. The van der Waals surface area contributed by atoms with E-state index in [2.05, 4.69) is 26.8 Å². The van der Waals surface area contributed by atoms with Gasteiger partial charge in [-0.3, -0.25) is 0 Å². The van der Waals surface area contributed by atoms with Crippen molar-refractivity contribution in [2.45, 2.75) is 38.9 Å². The van der Waals surface area contributed by atoms with Crippen molar-refractivity contribution in [2.75, 3.05) is 6.61 Å². The lowest BCUT2D eigenvalue weighted by molar-refractivity contribution is 0.0472. The highest BCUT2D eigenvalue weighted by molar-refractivity contribution is 5.89. The molecule has 0 amide bonds. The maximum absolute atomic E-state index is 12.2. The van der Waals surface area contributed by atoms with Crippen LogP contribution in [-0.2, 0) is 16.8 Å². The van der Waals surface area contributed by atoms with Gasteiger partial charge in [0.15, 0.2) is 0 Å². The van der Waals surface area contributed by atoms with Crippen LogP contribution in [0.4, 0.5) is 0 Å². The summed E-state index contributed by atoms with van der Waals surface area (Å²) in [5.74, 6) is 0.597. The van der Waals surface area contributed by atoms with Gasteiger partial charge in [-0.15, -0.1) is 0 Å². The van der Waals surface area contributed by atoms with Crippen LogP contribution in [0.5, 0.6) is 5.75 Å². The summed E-state index contributed by atoms with van der Waals surface area (Å²) < 4.78 is 16.8. The van der Waals surface area contributed by atoms with Crippen LogP contribution >= 0.6 is 0 Å². The molecule has 3 aromatic carbocycles. The Morgan fingerprint density at radius 1 is 0.970 bits per heavy atom. The molecule has 1 aromatic heterocycles. The molecule has 1 heterocycles. The molecule has 0 saturated carbocycles. The largest absolute Gasteiger partial charge is 0.490 e. The average Bonchev–Trinajstić information content (AvgIpc) is 3.25. The van der Waals surface area contributed by atoms with Crippen molar-refractivity contribution in [1.82, 2.24) is 0 Å². The molecule has 4 rings (SSSR count). The van der Waals surface area contributed by atoms with Crippen molar-refractivity contribution in [3.8, 4) is 5.75 Å². The second-order valence-electron chi connectivity index (χ2n) is 9.06. The third-order valence-corrected chi connectivity index (χ3v) is 5.44. The van der Waals surface area contributed by atoms with E-state index in [1.807, 2.05) is 48.5 Å². The van der Waals surface area contributed by atoms with Crippen molar-refractivity contribution in [3.05, 3.63) is 101 Å². The summed E-state index contributed by atoms with van der Waals surface area (Å²) in [4.78, 5) is 12.2. The highest BCUT2D eigenvalue weighted by atomic mass is 16.5. The Hall–Kier alpha value is -3.57. The van der Waals surface area contributed by atoms with Gasteiger partial charge < -0.3 is 19.0 Å². The number of furan rings is 1. The quantitative estimate of drug-likeness (QED) is 0.344. The van der Waals surface area contributed by atoms with E-state index >= 15 is 0 Å². The molecule has 1 unspecified atom stereocenters.